The normalized spacial score (nSPS) is 12.6. The Kier molecular flexibility index (Phi) is 7.38. The van der Waals surface area contributed by atoms with E-state index in [2.05, 4.69) is 15.6 Å². The fourth-order valence-corrected chi connectivity index (χ4v) is 2.56. The van der Waals surface area contributed by atoms with Crippen molar-refractivity contribution >= 4 is 5.96 Å². The Morgan fingerprint density at radius 1 is 1.19 bits per heavy atom. The maximum atomic E-state index is 5.96. The van der Waals surface area contributed by atoms with E-state index in [9.17, 15) is 0 Å². The average Bonchev–Trinajstić information content (AvgIpc) is 2.95. The van der Waals surface area contributed by atoms with E-state index in [1.165, 1.54) is 0 Å². The van der Waals surface area contributed by atoms with Crippen molar-refractivity contribution in [3.63, 3.8) is 0 Å². The number of furan rings is 1. The van der Waals surface area contributed by atoms with Crippen molar-refractivity contribution in [2.45, 2.75) is 40.3 Å². The molecule has 0 saturated carbocycles. The maximum absolute atomic E-state index is 5.96. The molecule has 0 amide bonds. The molecule has 1 atom stereocenters. The molecule has 0 aliphatic rings. The van der Waals surface area contributed by atoms with Gasteiger partial charge in [-0.05, 0) is 45.9 Å². The van der Waals surface area contributed by atoms with Crippen molar-refractivity contribution in [1.82, 2.24) is 10.6 Å². The van der Waals surface area contributed by atoms with Crippen molar-refractivity contribution in [3.05, 3.63) is 47.4 Å². The first-order valence-electron chi connectivity index (χ1n) is 8.91. The molecular formula is C20H29N3O3. The minimum Gasteiger partial charge on any atom is -0.493 e. The lowest BCUT2D eigenvalue weighted by atomic mass is 10.2. The third-order valence-corrected chi connectivity index (χ3v) is 3.85. The van der Waals surface area contributed by atoms with Crippen molar-refractivity contribution in [2.75, 3.05) is 20.2 Å². The summed E-state index contributed by atoms with van der Waals surface area (Å²) in [6, 6.07) is 9.66. The number of hydrogen-bond donors (Lipinski definition) is 2. The molecular weight excluding hydrogens is 330 g/mol. The topological polar surface area (TPSA) is 68.0 Å². The van der Waals surface area contributed by atoms with E-state index >= 15 is 0 Å². The van der Waals surface area contributed by atoms with Crippen LogP contribution in [0.15, 0.2) is 39.7 Å². The minimum atomic E-state index is -0.0481. The van der Waals surface area contributed by atoms with Crippen LogP contribution in [0.1, 0.15) is 30.9 Å². The lowest BCUT2D eigenvalue weighted by Gasteiger charge is -2.19. The van der Waals surface area contributed by atoms with Crippen LogP contribution in [0, 0.1) is 13.8 Å². The number of nitrogens with one attached hydrogen (secondary N) is 2. The number of guanidine groups is 1. The first kappa shape index (κ1) is 19.7. The van der Waals surface area contributed by atoms with Gasteiger partial charge in [-0.15, -0.1) is 0 Å². The molecule has 0 saturated heterocycles. The van der Waals surface area contributed by atoms with Gasteiger partial charge in [-0.3, -0.25) is 0 Å². The molecule has 0 spiro atoms. The van der Waals surface area contributed by atoms with Crippen LogP contribution in [0.25, 0.3) is 0 Å². The van der Waals surface area contributed by atoms with Crippen LogP contribution in [0.3, 0.4) is 0 Å². The molecule has 2 aromatic rings. The van der Waals surface area contributed by atoms with Gasteiger partial charge in [-0.2, -0.15) is 0 Å². The van der Waals surface area contributed by atoms with E-state index in [-0.39, 0.29) is 6.10 Å². The van der Waals surface area contributed by atoms with Gasteiger partial charge in [-0.1, -0.05) is 12.1 Å². The lowest BCUT2D eigenvalue weighted by Crippen LogP contribution is -2.41. The van der Waals surface area contributed by atoms with E-state index in [0.717, 1.165) is 41.1 Å². The molecule has 0 fully saturated rings. The summed E-state index contributed by atoms with van der Waals surface area (Å²) in [5.41, 5.74) is 1.10. The van der Waals surface area contributed by atoms with Crippen LogP contribution >= 0.6 is 0 Å². The molecule has 1 unspecified atom stereocenters. The summed E-state index contributed by atoms with van der Waals surface area (Å²) in [7, 11) is 1.64. The first-order valence-corrected chi connectivity index (χ1v) is 8.91. The predicted molar refractivity (Wildman–Crippen MR) is 104 cm³/mol. The Hall–Kier alpha value is -2.63. The highest BCUT2D eigenvalue weighted by Crippen LogP contribution is 2.26. The van der Waals surface area contributed by atoms with E-state index in [4.69, 9.17) is 13.9 Å². The minimum absolute atomic E-state index is 0.0481. The molecule has 1 heterocycles. The fourth-order valence-electron chi connectivity index (χ4n) is 2.56. The van der Waals surface area contributed by atoms with Gasteiger partial charge >= 0.3 is 0 Å². The summed E-state index contributed by atoms with van der Waals surface area (Å²) >= 11 is 0. The molecule has 0 aliphatic heterocycles. The Morgan fingerprint density at radius 3 is 2.54 bits per heavy atom. The van der Waals surface area contributed by atoms with E-state index in [1.807, 2.05) is 58.0 Å². The highest BCUT2D eigenvalue weighted by molar-refractivity contribution is 5.79. The average molecular weight is 359 g/mol. The molecule has 0 aliphatic carbocycles. The lowest BCUT2D eigenvalue weighted by molar-refractivity contribution is 0.213. The Balaban J connectivity index is 1.92. The molecule has 1 aromatic carbocycles. The zero-order valence-corrected chi connectivity index (χ0v) is 16.3. The number of nitrogens with zero attached hydrogens (tertiary/aromatic N) is 1. The molecule has 2 N–H and O–H groups in total. The molecule has 1 aromatic heterocycles. The molecule has 6 heteroatoms. The maximum Gasteiger partial charge on any atom is 0.191 e. The van der Waals surface area contributed by atoms with Gasteiger partial charge in [0.05, 0.1) is 20.2 Å². The highest BCUT2D eigenvalue weighted by Gasteiger charge is 2.10. The summed E-state index contributed by atoms with van der Waals surface area (Å²) < 4.78 is 16.8. The van der Waals surface area contributed by atoms with Crippen LogP contribution in [0.2, 0.25) is 0 Å². The quantitative estimate of drug-likeness (QED) is 0.558. The van der Waals surface area contributed by atoms with Crippen molar-refractivity contribution in [3.8, 4) is 11.5 Å². The molecule has 2 rings (SSSR count). The van der Waals surface area contributed by atoms with Crippen LogP contribution in [-0.4, -0.2) is 32.3 Å². The zero-order valence-electron chi connectivity index (χ0n) is 16.3. The highest BCUT2D eigenvalue weighted by atomic mass is 16.5. The summed E-state index contributed by atoms with van der Waals surface area (Å²) in [6.07, 6.45) is -0.0481. The number of para-hydroxylation sites is 2. The number of rotatable bonds is 8. The second-order valence-electron chi connectivity index (χ2n) is 6.09. The van der Waals surface area contributed by atoms with Gasteiger partial charge in [0.15, 0.2) is 17.5 Å². The van der Waals surface area contributed by atoms with E-state index in [0.29, 0.717) is 13.1 Å². The number of aryl methyl sites for hydroxylation is 2. The molecule has 142 valence electrons. The second-order valence-corrected chi connectivity index (χ2v) is 6.09. The van der Waals surface area contributed by atoms with Gasteiger partial charge in [0.25, 0.3) is 0 Å². The van der Waals surface area contributed by atoms with Crippen molar-refractivity contribution < 1.29 is 13.9 Å². The van der Waals surface area contributed by atoms with Crippen LogP contribution < -0.4 is 20.1 Å². The predicted octanol–water partition coefficient (Wildman–Crippen LogP) is 3.43. The monoisotopic (exact) mass is 359 g/mol. The molecule has 0 radical (unpaired) electrons. The fraction of sp³-hybridized carbons (Fsp3) is 0.450. The molecule has 0 bridgehead atoms. The Bertz CT molecular complexity index is 725. The Morgan fingerprint density at radius 2 is 1.92 bits per heavy atom. The van der Waals surface area contributed by atoms with Crippen molar-refractivity contribution in [1.29, 1.82) is 0 Å². The summed E-state index contributed by atoms with van der Waals surface area (Å²) in [5.74, 6) is 4.03. The standard InChI is InChI=1S/C20H29N3O3/c1-6-21-20(23-13-17-11-14(2)25-16(17)4)22-12-15(3)26-19-10-8-7-9-18(19)24-5/h7-11,15H,6,12-13H2,1-5H3,(H2,21,22,23). The van der Waals surface area contributed by atoms with E-state index < -0.39 is 0 Å². The van der Waals surface area contributed by atoms with Crippen LogP contribution in [0.5, 0.6) is 11.5 Å². The number of hydrogen-bond acceptors (Lipinski definition) is 4. The van der Waals surface area contributed by atoms with Gasteiger partial charge < -0.3 is 24.5 Å². The second kappa shape index (κ2) is 9.75. The molecule has 26 heavy (non-hydrogen) atoms. The number of ether oxygens (including phenoxy) is 2. The SMILES string of the molecule is CCNC(=NCc1cc(C)oc1C)NCC(C)Oc1ccccc1OC. The van der Waals surface area contributed by atoms with Crippen LogP contribution in [0.4, 0.5) is 0 Å². The smallest absolute Gasteiger partial charge is 0.191 e. The zero-order chi connectivity index (χ0) is 18.9. The van der Waals surface area contributed by atoms with Gasteiger partial charge in [-0.25, -0.2) is 4.99 Å². The third-order valence-electron chi connectivity index (χ3n) is 3.85. The van der Waals surface area contributed by atoms with Gasteiger partial charge in [0.2, 0.25) is 0 Å². The third kappa shape index (κ3) is 5.72. The summed E-state index contributed by atoms with van der Waals surface area (Å²) in [6.45, 7) is 9.93. The van der Waals surface area contributed by atoms with Gasteiger partial charge in [0.1, 0.15) is 17.6 Å². The van der Waals surface area contributed by atoms with E-state index in [1.54, 1.807) is 7.11 Å². The summed E-state index contributed by atoms with van der Waals surface area (Å²) in [4.78, 5) is 4.62. The largest absolute Gasteiger partial charge is 0.493 e. The number of aliphatic imine (C=N–C) groups is 1. The van der Waals surface area contributed by atoms with Gasteiger partial charge in [0, 0.05) is 12.1 Å². The first-order chi connectivity index (χ1) is 12.5. The summed E-state index contributed by atoms with van der Waals surface area (Å²) in [5, 5.41) is 6.57. The number of methoxy groups -OCH3 is 1. The Labute approximate surface area is 155 Å². The van der Waals surface area contributed by atoms with Crippen LogP contribution in [-0.2, 0) is 6.54 Å². The molecule has 6 nitrogen and oxygen atoms in total. The number of benzene rings is 1. The van der Waals surface area contributed by atoms with Crippen molar-refractivity contribution in [2.24, 2.45) is 4.99 Å².